The number of nitriles is 1. The Labute approximate surface area is 145 Å². The zero-order valence-corrected chi connectivity index (χ0v) is 13.6. The topological polar surface area (TPSA) is 67.0 Å². The highest BCUT2D eigenvalue weighted by Crippen LogP contribution is 2.30. The summed E-state index contributed by atoms with van der Waals surface area (Å²) >= 11 is 0. The monoisotopic (exact) mass is 331 g/mol. The molecule has 2 heterocycles. The van der Waals surface area contributed by atoms with E-state index in [4.69, 9.17) is 10.00 Å². The summed E-state index contributed by atoms with van der Waals surface area (Å²) in [5, 5.41) is 17.4. The number of hydrogen-bond donors (Lipinski definition) is 0. The molecule has 4 rings (SSSR count). The summed E-state index contributed by atoms with van der Waals surface area (Å²) in [5.41, 5.74) is 3.64. The van der Waals surface area contributed by atoms with Crippen molar-refractivity contribution >= 4 is 5.69 Å². The number of rotatable bonds is 4. The van der Waals surface area contributed by atoms with Gasteiger partial charge in [-0.1, -0.05) is 35.5 Å². The number of nitrogens with zero attached hydrogens (tertiary/aromatic N) is 5. The van der Waals surface area contributed by atoms with Crippen LogP contribution in [-0.4, -0.2) is 28.1 Å². The number of benzene rings is 2. The van der Waals surface area contributed by atoms with E-state index in [2.05, 4.69) is 33.4 Å². The summed E-state index contributed by atoms with van der Waals surface area (Å²) in [4.78, 5) is 2.19. The van der Waals surface area contributed by atoms with Gasteiger partial charge in [-0.2, -0.15) is 5.26 Å². The third-order valence-electron chi connectivity index (χ3n) is 4.22. The molecule has 0 saturated carbocycles. The van der Waals surface area contributed by atoms with Crippen LogP contribution in [0.4, 0.5) is 5.69 Å². The van der Waals surface area contributed by atoms with Gasteiger partial charge in [0.25, 0.3) is 0 Å². The number of hydrogen-bond acceptors (Lipinski definition) is 5. The van der Waals surface area contributed by atoms with Gasteiger partial charge in [-0.25, -0.2) is 4.68 Å². The normalized spacial score (nSPS) is 16.8. The average Bonchev–Trinajstić information content (AvgIpc) is 3.32. The van der Waals surface area contributed by atoms with E-state index in [0.29, 0.717) is 18.7 Å². The Balaban J connectivity index is 1.51. The molecule has 0 radical (unpaired) electrons. The van der Waals surface area contributed by atoms with Crippen LogP contribution in [0, 0.1) is 11.3 Å². The molecule has 1 aliphatic rings. The number of anilines is 1. The van der Waals surface area contributed by atoms with Gasteiger partial charge in [-0.3, -0.25) is 0 Å². The van der Waals surface area contributed by atoms with Crippen LogP contribution in [0.5, 0.6) is 0 Å². The lowest BCUT2D eigenvalue weighted by Gasteiger charge is -2.23. The van der Waals surface area contributed by atoms with E-state index in [9.17, 15) is 0 Å². The molecule has 0 N–H and O–H groups in total. The van der Waals surface area contributed by atoms with Crippen molar-refractivity contribution in [3.05, 3.63) is 77.6 Å². The van der Waals surface area contributed by atoms with Crippen molar-refractivity contribution in [2.75, 3.05) is 18.1 Å². The average molecular weight is 331 g/mol. The Morgan fingerprint density at radius 3 is 2.68 bits per heavy atom. The maximum atomic E-state index is 8.87. The van der Waals surface area contributed by atoms with Crippen molar-refractivity contribution in [3.63, 3.8) is 0 Å². The first-order valence-electron chi connectivity index (χ1n) is 8.16. The summed E-state index contributed by atoms with van der Waals surface area (Å²) in [6.07, 6.45) is 1.71. The molecule has 1 fully saturated rings. The second kappa shape index (κ2) is 6.75. The largest absolute Gasteiger partial charge is 0.350 e. The Morgan fingerprint density at radius 2 is 1.92 bits per heavy atom. The lowest BCUT2D eigenvalue weighted by molar-refractivity contribution is 0.110. The van der Waals surface area contributed by atoms with E-state index in [1.54, 1.807) is 4.68 Å². The summed E-state index contributed by atoms with van der Waals surface area (Å²) in [7, 11) is 0. The van der Waals surface area contributed by atoms with Gasteiger partial charge in [0, 0.05) is 12.2 Å². The molecule has 0 spiro atoms. The smallest absolute Gasteiger partial charge is 0.177 e. The summed E-state index contributed by atoms with van der Waals surface area (Å²) in [6.45, 7) is 2.11. The van der Waals surface area contributed by atoms with Gasteiger partial charge in [0.1, 0.15) is 5.69 Å². The van der Waals surface area contributed by atoms with Gasteiger partial charge in [0.05, 0.1) is 31.0 Å². The molecule has 6 nitrogen and oxygen atoms in total. The molecule has 0 bridgehead atoms. The Hall–Kier alpha value is -3.17. The van der Waals surface area contributed by atoms with Gasteiger partial charge >= 0.3 is 0 Å². The third-order valence-corrected chi connectivity index (χ3v) is 4.22. The molecule has 1 aliphatic heterocycles. The molecule has 2 aromatic carbocycles. The van der Waals surface area contributed by atoms with Crippen molar-refractivity contribution in [1.29, 1.82) is 5.26 Å². The van der Waals surface area contributed by atoms with Crippen LogP contribution in [0.3, 0.4) is 0 Å². The highest BCUT2D eigenvalue weighted by atomic mass is 16.5. The molecule has 0 unspecified atom stereocenters. The molecular formula is C19H17N5O. The minimum atomic E-state index is -0.211. The maximum absolute atomic E-state index is 8.87. The molecule has 25 heavy (non-hydrogen) atoms. The van der Waals surface area contributed by atoms with Crippen LogP contribution in [-0.2, 0) is 11.3 Å². The number of ether oxygens (including phenoxy) is 1. The fourth-order valence-electron chi connectivity index (χ4n) is 2.97. The van der Waals surface area contributed by atoms with Gasteiger partial charge in [0.2, 0.25) is 0 Å². The Morgan fingerprint density at radius 1 is 1.12 bits per heavy atom. The quantitative estimate of drug-likeness (QED) is 0.735. The lowest BCUT2D eigenvalue weighted by atomic mass is 10.1. The standard InChI is InChI=1S/C19H17N5O/c20-12-15-6-8-16(9-7-15)13-23-14-18(21-22-23)19-24(10-11-25-19)17-4-2-1-3-5-17/h1-9,14,19H,10-11,13H2/t19-/m0/s1. The van der Waals surface area contributed by atoms with E-state index in [1.165, 1.54) is 0 Å². The zero-order valence-electron chi connectivity index (χ0n) is 13.6. The fraction of sp³-hybridized carbons (Fsp3) is 0.211. The fourth-order valence-corrected chi connectivity index (χ4v) is 2.97. The lowest BCUT2D eigenvalue weighted by Crippen LogP contribution is -2.23. The molecule has 3 aromatic rings. The van der Waals surface area contributed by atoms with Crippen molar-refractivity contribution in [2.24, 2.45) is 0 Å². The summed E-state index contributed by atoms with van der Waals surface area (Å²) in [6, 6.07) is 19.8. The molecular weight excluding hydrogens is 314 g/mol. The van der Waals surface area contributed by atoms with Gasteiger partial charge in [-0.05, 0) is 29.8 Å². The summed E-state index contributed by atoms with van der Waals surface area (Å²) in [5.74, 6) is 0. The molecule has 0 amide bonds. The molecule has 1 saturated heterocycles. The van der Waals surface area contributed by atoms with Crippen LogP contribution in [0.1, 0.15) is 23.0 Å². The first kappa shape index (κ1) is 15.4. The van der Waals surface area contributed by atoms with Crippen LogP contribution < -0.4 is 4.90 Å². The Kier molecular flexibility index (Phi) is 4.15. The van der Waals surface area contributed by atoms with E-state index in [1.807, 2.05) is 48.7 Å². The van der Waals surface area contributed by atoms with Crippen molar-refractivity contribution in [1.82, 2.24) is 15.0 Å². The predicted octanol–water partition coefficient (Wildman–Crippen LogP) is 2.73. The molecule has 124 valence electrons. The minimum absolute atomic E-state index is 0.211. The van der Waals surface area contributed by atoms with Crippen LogP contribution >= 0.6 is 0 Å². The first-order chi connectivity index (χ1) is 12.3. The highest BCUT2D eigenvalue weighted by Gasteiger charge is 2.29. The highest BCUT2D eigenvalue weighted by molar-refractivity contribution is 5.48. The molecule has 0 aliphatic carbocycles. The van der Waals surface area contributed by atoms with Crippen LogP contribution in [0.25, 0.3) is 0 Å². The second-order valence-electron chi connectivity index (χ2n) is 5.90. The van der Waals surface area contributed by atoms with Gasteiger partial charge in [-0.15, -0.1) is 5.10 Å². The SMILES string of the molecule is N#Cc1ccc(Cn2cc([C@@H]3OCCN3c3ccccc3)nn2)cc1. The maximum Gasteiger partial charge on any atom is 0.177 e. The van der Waals surface area contributed by atoms with Gasteiger partial charge in [0.15, 0.2) is 6.23 Å². The van der Waals surface area contributed by atoms with Crippen LogP contribution in [0.15, 0.2) is 60.8 Å². The van der Waals surface area contributed by atoms with E-state index in [0.717, 1.165) is 23.5 Å². The van der Waals surface area contributed by atoms with E-state index in [-0.39, 0.29) is 6.23 Å². The van der Waals surface area contributed by atoms with Crippen molar-refractivity contribution in [2.45, 2.75) is 12.8 Å². The molecule has 1 atom stereocenters. The molecule has 1 aromatic heterocycles. The Bertz CT molecular complexity index is 882. The van der Waals surface area contributed by atoms with E-state index < -0.39 is 0 Å². The number of para-hydroxylation sites is 1. The minimum Gasteiger partial charge on any atom is -0.350 e. The van der Waals surface area contributed by atoms with Crippen LogP contribution in [0.2, 0.25) is 0 Å². The third kappa shape index (κ3) is 3.23. The second-order valence-corrected chi connectivity index (χ2v) is 5.90. The number of aromatic nitrogens is 3. The van der Waals surface area contributed by atoms with Crippen molar-refractivity contribution in [3.8, 4) is 6.07 Å². The first-order valence-corrected chi connectivity index (χ1v) is 8.16. The van der Waals surface area contributed by atoms with Gasteiger partial charge < -0.3 is 9.64 Å². The molecule has 6 heteroatoms. The van der Waals surface area contributed by atoms with Crippen molar-refractivity contribution < 1.29 is 4.74 Å². The zero-order chi connectivity index (χ0) is 17.1. The van der Waals surface area contributed by atoms with E-state index >= 15 is 0 Å². The summed E-state index contributed by atoms with van der Waals surface area (Å²) < 4.78 is 7.67. The predicted molar refractivity (Wildman–Crippen MR) is 92.8 cm³/mol.